The van der Waals surface area contributed by atoms with Crippen molar-refractivity contribution in [2.75, 3.05) is 9.80 Å². The fourth-order valence-electron chi connectivity index (χ4n) is 8.59. The van der Waals surface area contributed by atoms with Crippen LogP contribution in [-0.2, 0) is 0 Å². The van der Waals surface area contributed by atoms with E-state index in [2.05, 4.69) is 240 Å². The van der Waals surface area contributed by atoms with E-state index in [0.717, 1.165) is 56.6 Å². The molecule has 0 unspecified atom stereocenters. The highest BCUT2D eigenvalue weighted by atomic mass is 16.5. The first kappa shape index (κ1) is 34.4. The van der Waals surface area contributed by atoms with Crippen LogP contribution in [0.4, 0.5) is 34.1 Å². The summed E-state index contributed by atoms with van der Waals surface area (Å²) in [6.45, 7) is 0. The van der Waals surface area contributed by atoms with Crippen molar-refractivity contribution in [1.82, 2.24) is 0 Å². The van der Waals surface area contributed by atoms with Gasteiger partial charge in [-0.15, -0.1) is 0 Å². The quantitative estimate of drug-likeness (QED) is 0.144. The van der Waals surface area contributed by atoms with Gasteiger partial charge < -0.3 is 14.5 Å². The molecule has 1 aliphatic rings. The number of fused-ring (bicyclic) bond motifs is 4. The summed E-state index contributed by atoms with van der Waals surface area (Å²) in [6, 6.07) is 82.1. The van der Waals surface area contributed by atoms with Gasteiger partial charge in [0.05, 0.1) is 0 Å². The van der Waals surface area contributed by atoms with Gasteiger partial charge >= 0.3 is 0 Å². The molecule has 0 spiro atoms. The van der Waals surface area contributed by atoms with Gasteiger partial charge in [0.15, 0.2) is 0 Å². The third kappa shape index (κ3) is 6.26. The number of anilines is 6. The molecule has 59 heavy (non-hydrogen) atoms. The summed E-state index contributed by atoms with van der Waals surface area (Å²) in [5, 5.41) is 4.68. The monoisotopic (exact) mass is 754 g/mol. The van der Waals surface area contributed by atoms with Gasteiger partial charge in [0.25, 0.3) is 0 Å². The number of para-hydroxylation sites is 2. The predicted molar refractivity (Wildman–Crippen MR) is 247 cm³/mol. The first-order valence-corrected chi connectivity index (χ1v) is 20.1. The number of ether oxygens (including phenoxy) is 1. The van der Waals surface area contributed by atoms with Crippen molar-refractivity contribution in [3.8, 4) is 44.9 Å². The van der Waals surface area contributed by atoms with Gasteiger partial charge in [-0.25, -0.2) is 0 Å². The Morgan fingerprint density at radius 2 is 0.729 bits per heavy atom. The van der Waals surface area contributed by atoms with Gasteiger partial charge in [-0.1, -0.05) is 140 Å². The van der Waals surface area contributed by atoms with Gasteiger partial charge in [0.1, 0.15) is 11.5 Å². The highest BCUT2D eigenvalue weighted by molar-refractivity contribution is 6.18. The first-order chi connectivity index (χ1) is 29.2. The van der Waals surface area contributed by atoms with Crippen LogP contribution < -0.4 is 14.5 Å². The molecule has 3 heteroatoms. The topological polar surface area (TPSA) is 15.7 Å². The molecule has 278 valence electrons. The Morgan fingerprint density at radius 3 is 1.29 bits per heavy atom. The Hall–Kier alpha value is -7.88. The zero-order chi connectivity index (χ0) is 39.1. The van der Waals surface area contributed by atoms with E-state index >= 15 is 0 Å². The van der Waals surface area contributed by atoms with Gasteiger partial charge in [-0.05, 0) is 129 Å². The van der Waals surface area contributed by atoms with Crippen LogP contribution >= 0.6 is 0 Å². The van der Waals surface area contributed by atoms with Crippen molar-refractivity contribution < 1.29 is 4.74 Å². The lowest BCUT2D eigenvalue weighted by molar-refractivity contribution is 0.487. The molecule has 0 saturated carbocycles. The number of rotatable bonds is 8. The lowest BCUT2D eigenvalue weighted by Crippen LogP contribution is -2.10. The summed E-state index contributed by atoms with van der Waals surface area (Å²) in [5.74, 6) is 1.70. The standard InChI is InChI=1S/C56H38N2O/c1-5-14-39(15-6-1)41-24-29-46(30-25-41)58(47-31-26-42(27-32-47)40-16-7-2-8-17-40)49-34-35-50-53-36-43-28-33-48(57(44-18-9-3-10-19-44)45-20-11-4-12-21-45)37-52(43)51-22-13-23-54(56(51)53)59-55(50)38-49/h1-38H. The Bertz CT molecular complexity index is 2970. The van der Waals surface area contributed by atoms with Crippen LogP contribution in [0.1, 0.15) is 0 Å². The Labute approximate surface area is 344 Å². The van der Waals surface area contributed by atoms with Crippen LogP contribution in [0, 0.1) is 0 Å². The second-order valence-corrected chi connectivity index (χ2v) is 15.0. The van der Waals surface area contributed by atoms with E-state index in [1.165, 1.54) is 44.0 Å². The fraction of sp³-hybridized carbons (Fsp3) is 0. The summed E-state index contributed by atoms with van der Waals surface area (Å²) in [5.41, 5.74) is 13.5. The van der Waals surface area contributed by atoms with E-state index in [9.17, 15) is 0 Å². The summed E-state index contributed by atoms with van der Waals surface area (Å²) >= 11 is 0. The second kappa shape index (κ2) is 14.6. The minimum Gasteiger partial charge on any atom is -0.456 e. The zero-order valence-corrected chi connectivity index (χ0v) is 32.2. The minimum absolute atomic E-state index is 0.838. The van der Waals surface area contributed by atoms with E-state index in [1.807, 2.05) is 0 Å². The van der Waals surface area contributed by atoms with E-state index < -0.39 is 0 Å². The number of hydrogen-bond donors (Lipinski definition) is 0. The molecule has 1 aliphatic heterocycles. The molecular weight excluding hydrogens is 717 g/mol. The minimum atomic E-state index is 0.838. The lowest BCUT2D eigenvalue weighted by Gasteiger charge is -2.29. The molecule has 10 aromatic rings. The van der Waals surface area contributed by atoms with E-state index in [1.54, 1.807) is 0 Å². The van der Waals surface area contributed by atoms with E-state index in [4.69, 9.17) is 4.74 Å². The number of hydrogen-bond acceptors (Lipinski definition) is 3. The van der Waals surface area contributed by atoms with Crippen LogP contribution in [0.3, 0.4) is 0 Å². The zero-order valence-electron chi connectivity index (χ0n) is 32.2. The second-order valence-electron chi connectivity index (χ2n) is 15.0. The summed E-state index contributed by atoms with van der Waals surface area (Å²) in [7, 11) is 0. The molecule has 0 amide bonds. The molecule has 0 radical (unpaired) electrons. The predicted octanol–water partition coefficient (Wildman–Crippen LogP) is 16.0. The largest absolute Gasteiger partial charge is 0.456 e. The van der Waals surface area contributed by atoms with Crippen LogP contribution in [0.5, 0.6) is 11.5 Å². The SMILES string of the molecule is c1ccc(-c2ccc(N(c3ccc(-c4ccccc4)cc3)c3ccc4c(c3)Oc3cccc5c3c-4cc3ccc(N(c4ccccc4)c4ccccc4)cc35)cc2)cc1. The average Bonchev–Trinajstić information content (AvgIpc) is 3.31. The molecule has 0 bridgehead atoms. The summed E-state index contributed by atoms with van der Waals surface area (Å²) in [6.07, 6.45) is 0. The van der Waals surface area contributed by atoms with Crippen molar-refractivity contribution in [3.63, 3.8) is 0 Å². The third-order valence-electron chi connectivity index (χ3n) is 11.4. The van der Waals surface area contributed by atoms with Crippen molar-refractivity contribution >= 4 is 55.7 Å². The van der Waals surface area contributed by atoms with Crippen LogP contribution in [0.2, 0.25) is 0 Å². The highest BCUT2D eigenvalue weighted by Gasteiger charge is 2.24. The maximum absolute atomic E-state index is 6.89. The molecule has 0 aliphatic carbocycles. The maximum atomic E-state index is 6.89. The van der Waals surface area contributed by atoms with Crippen molar-refractivity contribution in [2.24, 2.45) is 0 Å². The Balaban J connectivity index is 1.02. The summed E-state index contributed by atoms with van der Waals surface area (Å²) in [4.78, 5) is 4.63. The molecule has 0 N–H and O–H groups in total. The van der Waals surface area contributed by atoms with Gasteiger partial charge in [-0.3, -0.25) is 0 Å². The Morgan fingerprint density at radius 1 is 0.271 bits per heavy atom. The molecule has 11 rings (SSSR count). The molecule has 0 saturated heterocycles. The highest BCUT2D eigenvalue weighted by Crippen LogP contribution is 2.51. The lowest BCUT2D eigenvalue weighted by atomic mass is 9.90. The van der Waals surface area contributed by atoms with Crippen LogP contribution in [0.25, 0.3) is 54.9 Å². The smallest absolute Gasteiger partial charge is 0.137 e. The Kier molecular flexibility index (Phi) is 8.49. The molecule has 10 aromatic carbocycles. The number of benzene rings is 10. The van der Waals surface area contributed by atoms with Crippen molar-refractivity contribution in [1.29, 1.82) is 0 Å². The van der Waals surface area contributed by atoms with Crippen molar-refractivity contribution in [2.45, 2.75) is 0 Å². The van der Waals surface area contributed by atoms with Crippen LogP contribution in [0.15, 0.2) is 231 Å². The van der Waals surface area contributed by atoms with Crippen molar-refractivity contribution in [3.05, 3.63) is 231 Å². The van der Waals surface area contributed by atoms with E-state index in [-0.39, 0.29) is 0 Å². The number of nitrogens with zero attached hydrogens (tertiary/aromatic N) is 2. The molecule has 3 nitrogen and oxygen atoms in total. The summed E-state index contributed by atoms with van der Waals surface area (Å²) < 4.78 is 6.89. The van der Waals surface area contributed by atoms with Crippen LogP contribution in [-0.4, -0.2) is 0 Å². The van der Waals surface area contributed by atoms with Gasteiger partial charge in [0.2, 0.25) is 0 Å². The van der Waals surface area contributed by atoms with Gasteiger partial charge in [-0.2, -0.15) is 0 Å². The van der Waals surface area contributed by atoms with Gasteiger partial charge in [0, 0.05) is 51.1 Å². The maximum Gasteiger partial charge on any atom is 0.137 e. The molecule has 1 heterocycles. The molecule has 0 fully saturated rings. The molecular formula is C56H38N2O. The molecule has 0 atom stereocenters. The average molecular weight is 755 g/mol. The first-order valence-electron chi connectivity index (χ1n) is 20.1. The fourth-order valence-corrected chi connectivity index (χ4v) is 8.59. The molecule has 0 aromatic heterocycles. The van der Waals surface area contributed by atoms with E-state index in [0.29, 0.717) is 0 Å². The normalized spacial score (nSPS) is 11.5. The third-order valence-corrected chi connectivity index (χ3v) is 11.4.